The molecular weight excluding hydrogens is 285 g/mol. The standard InChI is InChI=1S/C16H20FN3S/c1-4-9-18-16-15(17)12(3)19-14(20-16)10-21-13-7-5-11(2)6-8-13/h5-8H,4,9-10H2,1-3H3,(H,18,19,20). The summed E-state index contributed by atoms with van der Waals surface area (Å²) in [5.41, 5.74) is 1.63. The zero-order chi connectivity index (χ0) is 15.2. The molecule has 1 heterocycles. The van der Waals surface area contributed by atoms with Crippen LogP contribution in [-0.2, 0) is 5.75 Å². The van der Waals surface area contributed by atoms with Gasteiger partial charge in [0.25, 0.3) is 0 Å². The van der Waals surface area contributed by atoms with Crippen LogP contribution in [0.3, 0.4) is 0 Å². The summed E-state index contributed by atoms with van der Waals surface area (Å²) < 4.78 is 13.9. The van der Waals surface area contributed by atoms with Crippen molar-refractivity contribution >= 4 is 17.6 Å². The maximum atomic E-state index is 13.9. The maximum Gasteiger partial charge on any atom is 0.186 e. The van der Waals surface area contributed by atoms with E-state index in [0.717, 1.165) is 11.3 Å². The minimum atomic E-state index is -0.354. The number of hydrogen-bond donors (Lipinski definition) is 1. The van der Waals surface area contributed by atoms with Crippen molar-refractivity contribution in [1.29, 1.82) is 0 Å². The Morgan fingerprint density at radius 2 is 1.86 bits per heavy atom. The molecule has 2 rings (SSSR count). The van der Waals surface area contributed by atoms with E-state index in [4.69, 9.17) is 0 Å². The van der Waals surface area contributed by atoms with Gasteiger partial charge in [0.1, 0.15) is 5.82 Å². The Balaban J connectivity index is 2.08. The third-order valence-corrected chi connectivity index (χ3v) is 4.00. The number of hydrogen-bond acceptors (Lipinski definition) is 4. The van der Waals surface area contributed by atoms with Gasteiger partial charge in [-0.2, -0.15) is 0 Å². The minimum absolute atomic E-state index is 0.309. The van der Waals surface area contributed by atoms with Crippen molar-refractivity contribution in [3.8, 4) is 0 Å². The predicted molar refractivity (Wildman–Crippen MR) is 86.2 cm³/mol. The number of halogens is 1. The van der Waals surface area contributed by atoms with Crippen molar-refractivity contribution < 1.29 is 4.39 Å². The smallest absolute Gasteiger partial charge is 0.186 e. The predicted octanol–water partition coefficient (Wildman–Crippen LogP) is 4.35. The van der Waals surface area contributed by atoms with Gasteiger partial charge in [0.2, 0.25) is 0 Å². The van der Waals surface area contributed by atoms with Crippen molar-refractivity contribution in [2.24, 2.45) is 0 Å². The molecule has 3 nitrogen and oxygen atoms in total. The van der Waals surface area contributed by atoms with Gasteiger partial charge in [0.15, 0.2) is 11.6 Å². The van der Waals surface area contributed by atoms with E-state index in [9.17, 15) is 4.39 Å². The largest absolute Gasteiger partial charge is 0.368 e. The van der Waals surface area contributed by atoms with Gasteiger partial charge in [0, 0.05) is 11.4 Å². The fourth-order valence-corrected chi connectivity index (χ4v) is 2.58. The number of aryl methyl sites for hydroxylation is 2. The second-order valence-corrected chi connectivity index (χ2v) is 5.97. The highest BCUT2D eigenvalue weighted by Crippen LogP contribution is 2.23. The molecule has 0 spiro atoms. The van der Waals surface area contributed by atoms with Gasteiger partial charge in [-0.3, -0.25) is 0 Å². The van der Waals surface area contributed by atoms with Gasteiger partial charge in [-0.25, -0.2) is 14.4 Å². The van der Waals surface area contributed by atoms with Gasteiger partial charge in [-0.1, -0.05) is 24.6 Å². The van der Waals surface area contributed by atoms with Crippen molar-refractivity contribution in [3.05, 3.63) is 47.2 Å². The highest BCUT2D eigenvalue weighted by Gasteiger charge is 2.11. The lowest BCUT2D eigenvalue weighted by Crippen LogP contribution is -2.09. The van der Waals surface area contributed by atoms with Crippen LogP contribution in [0.25, 0.3) is 0 Å². The SMILES string of the molecule is CCCNc1nc(CSc2ccc(C)cc2)nc(C)c1F. The molecule has 0 bridgehead atoms. The number of benzene rings is 1. The number of nitrogens with one attached hydrogen (secondary N) is 1. The average molecular weight is 305 g/mol. The summed E-state index contributed by atoms with van der Waals surface area (Å²) in [5, 5.41) is 3.01. The number of aromatic nitrogens is 2. The van der Waals surface area contributed by atoms with Gasteiger partial charge in [-0.15, -0.1) is 11.8 Å². The lowest BCUT2D eigenvalue weighted by molar-refractivity contribution is 0.601. The minimum Gasteiger partial charge on any atom is -0.368 e. The van der Waals surface area contributed by atoms with E-state index in [1.807, 2.05) is 6.92 Å². The Bertz CT molecular complexity index is 599. The normalized spacial score (nSPS) is 10.7. The summed E-state index contributed by atoms with van der Waals surface area (Å²) in [6, 6.07) is 8.31. The van der Waals surface area contributed by atoms with Crippen LogP contribution in [0.15, 0.2) is 29.2 Å². The summed E-state index contributed by atoms with van der Waals surface area (Å²) in [7, 11) is 0. The molecule has 1 N–H and O–H groups in total. The molecule has 0 aliphatic carbocycles. The molecule has 0 fully saturated rings. The molecule has 1 aromatic heterocycles. The third kappa shape index (κ3) is 4.43. The average Bonchev–Trinajstić information content (AvgIpc) is 2.48. The summed E-state index contributed by atoms with van der Waals surface area (Å²) in [6.45, 7) is 6.48. The van der Waals surface area contributed by atoms with Crippen molar-refractivity contribution in [2.75, 3.05) is 11.9 Å². The van der Waals surface area contributed by atoms with Crippen LogP contribution in [0.4, 0.5) is 10.2 Å². The second kappa shape index (κ2) is 7.41. The van der Waals surface area contributed by atoms with Crippen LogP contribution in [0.2, 0.25) is 0 Å². The van der Waals surface area contributed by atoms with Crippen LogP contribution in [0, 0.1) is 19.7 Å². The molecule has 0 saturated heterocycles. The molecule has 0 radical (unpaired) electrons. The number of anilines is 1. The van der Waals surface area contributed by atoms with Crippen LogP contribution >= 0.6 is 11.8 Å². The zero-order valence-corrected chi connectivity index (χ0v) is 13.4. The molecule has 21 heavy (non-hydrogen) atoms. The van der Waals surface area contributed by atoms with Crippen LogP contribution < -0.4 is 5.32 Å². The first-order chi connectivity index (χ1) is 10.1. The summed E-state index contributed by atoms with van der Waals surface area (Å²) >= 11 is 1.65. The highest BCUT2D eigenvalue weighted by molar-refractivity contribution is 7.98. The Morgan fingerprint density at radius 3 is 2.52 bits per heavy atom. The number of nitrogens with zero attached hydrogens (tertiary/aromatic N) is 2. The van der Waals surface area contributed by atoms with Gasteiger partial charge in [0.05, 0.1) is 11.4 Å². The number of rotatable bonds is 6. The highest BCUT2D eigenvalue weighted by atomic mass is 32.2. The molecule has 0 saturated carbocycles. The molecule has 2 aromatic rings. The Morgan fingerprint density at radius 1 is 1.14 bits per heavy atom. The Kier molecular flexibility index (Phi) is 5.56. The first-order valence-corrected chi connectivity index (χ1v) is 8.05. The Hall–Kier alpha value is -1.62. The molecule has 0 aliphatic heterocycles. The van der Waals surface area contributed by atoms with E-state index in [0.29, 0.717) is 29.6 Å². The molecular formula is C16H20FN3S. The fourth-order valence-electron chi connectivity index (χ4n) is 1.82. The van der Waals surface area contributed by atoms with Gasteiger partial charge < -0.3 is 5.32 Å². The molecule has 5 heteroatoms. The zero-order valence-electron chi connectivity index (χ0n) is 12.6. The summed E-state index contributed by atoms with van der Waals surface area (Å²) in [5.74, 6) is 1.24. The van der Waals surface area contributed by atoms with Crippen LogP contribution in [0.5, 0.6) is 0 Å². The summed E-state index contributed by atoms with van der Waals surface area (Å²) in [4.78, 5) is 9.67. The van der Waals surface area contributed by atoms with E-state index in [2.05, 4.69) is 46.5 Å². The molecule has 0 unspecified atom stereocenters. The van der Waals surface area contributed by atoms with Crippen LogP contribution in [0.1, 0.15) is 30.4 Å². The second-order valence-electron chi connectivity index (χ2n) is 4.92. The van der Waals surface area contributed by atoms with Crippen LogP contribution in [-0.4, -0.2) is 16.5 Å². The summed E-state index contributed by atoms with van der Waals surface area (Å²) in [6.07, 6.45) is 0.927. The topological polar surface area (TPSA) is 37.8 Å². The first-order valence-electron chi connectivity index (χ1n) is 7.06. The van der Waals surface area contributed by atoms with Crippen molar-refractivity contribution in [1.82, 2.24) is 9.97 Å². The van der Waals surface area contributed by atoms with E-state index in [1.54, 1.807) is 18.7 Å². The van der Waals surface area contributed by atoms with Crippen molar-refractivity contribution in [3.63, 3.8) is 0 Å². The molecule has 1 aromatic carbocycles. The quantitative estimate of drug-likeness (QED) is 0.805. The number of thioether (sulfide) groups is 1. The van der Waals surface area contributed by atoms with Gasteiger partial charge >= 0.3 is 0 Å². The molecule has 112 valence electrons. The molecule has 0 amide bonds. The Labute approximate surface area is 129 Å². The fraction of sp³-hybridized carbons (Fsp3) is 0.375. The van der Waals surface area contributed by atoms with E-state index < -0.39 is 0 Å². The monoisotopic (exact) mass is 305 g/mol. The van der Waals surface area contributed by atoms with Gasteiger partial charge in [-0.05, 0) is 32.4 Å². The van der Waals surface area contributed by atoms with Crippen molar-refractivity contribution in [2.45, 2.75) is 37.8 Å². The van der Waals surface area contributed by atoms with E-state index in [1.165, 1.54) is 5.56 Å². The first kappa shape index (κ1) is 15.8. The lowest BCUT2D eigenvalue weighted by atomic mass is 10.2. The third-order valence-electron chi connectivity index (χ3n) is 2.99. The van der Waals surface area contributed by atoms with E-state index >= 15 is 0 Å². The van der Waals surface area contributed by atoms with E-state index in [-0.39, 0.29) is 5.82 Å². The molecule has 0 atom stereocenters. The lowest BCUT2D eigenvalue weighted by Gasteiger charge is -2.09. The maximum absolute atomic E-state index is 13.9. The molecule has 0 aliphatic rings.